The summed E-state index contributed by atoms with van der Waals surface area (Å²) in [6.07, 6.45) is 4.76. The lowest BCUT2D eigenvalue weighted by molar-refractivity contribution is -0.0332. The summed E-state index contributed by atoms with van der Waals surface area (Å²) in [5, 5.41) is 0. The number of amides is 1. The van der Waals surface area contributed by atoms with E-state index in [4.69, 9.17) is 4.74 Å². The van der Waals surface area contributed by atoms with Crippen LogP contribution < -0.4 is 0 Å². The highest BCUT2D eigenvalue weighted by Gasteiger charge is 2.50. The number of nitrogens with zero attached hydrogens (tertiary/aromatic N) is 1. The molecule has 126 valence electrons. The van der Waals surface area contributed by atoms with Gasteiger partial charge in [0.15, 0.2) is 0 Å². The summed E-state index contributed by atoms with van der Waals surface area (Å²) in [4.78, 5) is 14.0. The molecule has 0 aromatic heterocycles. The fourth-order valence-electron chi connectivity index (χ4n) is 3.96. The predicted molar refractivity (Wildman–Crippen MR) is 95.4 cm³/mol. The maximum Gasteiger partial charge on any atom is 0.410 e. The summed E-state index contributed by atoms with van der Waals surface area (Å²) in [5.41, 5.74) is 1.37. The average molecular weight is 380 g/mol. The molecule has 1 saturated heterocycles. The number of rotatable bonds is 2. The molecule has 1 aromatic carbocycles. The Bertz CT molecular complexity index is 570. The van der Waals surface area contributed by atoms with Crippen LogP contribution in [0.25, 0.3) is 0 Å². The summed E-state index contributed by atoms with van der Waals surface area (Å²) in [7, 11) is 0. The number of carbonyl (C=O) groups is 1. The zero-order valence-electron chi connectivity index (χ0n) is 14.3. The van der Waals surface area contributed by atoms with Crippen LogP contribution in [0.1, 0.15) is 45.6 Å². The second-order valence-electron chi connectivity index (χ2n) is 8.28. The molecule has 1 saturated carbocycles. The predicted octanol–water partition coefficient (Wildman–Crippen LogP) is 5.03. The first-order valence-corrected chi connectivity index (χ1v) is 9.26. The molecular weight excluding hydrogens is 354 g/mol. The van der Waals surface area contributed by atoms with Gasteiger partial charge >= 0.3 is 6.09 Å². The van der Waals surface area contributed by atoms with E-state index in [1.807, 2.05) is 25.7 Å². The summed E-state index contributed by atoms with van der Waals surface area (Å²) in [6.45, 7) is 7.51. The number of hydrogen-bond acceptors (Lipinski definition) is 2. The molecule has 4 heteroatoms. The number of carbonyl (C=O) groups excluding carboxylic acids is 1. The van der Waals surface area contributed by atoms with Crippen LogP contribution in [0, 0.1) is 11.3 Å². The maximum atomic E-state index is 12.1. The van der Waals surface area contributed by atoms with Crippen molar-refractivity contribution in [3.63, 3.8) is 0 Å². The van der Waals surface area contributed by atoms with Crippen molar-refractivity contribution in [2.75, 3.05) is 13.1 Å². The van der Waals surface area contributed by atoms with Crippen molar-refractivity contribution >= 4 is 22.0 Å². The van der Waals surface area contributed by atoms with Crippen molar-refractivity contribution < 1.29 is 9.53 Å². The van der Waals surface area contributed by atoms with Crippen LogP contribution >= 0.6 is 15.9 Å². The van der Waals surface area contributed by atoms with Crippen molar-refractivity contribution in [2.45, 2.75) is 52.1 Å². The Morgan fingerprint density at radius 3 is 2.57 bits per heavy atom. The minimum Gasteiger partial charge on any atom is -0.444 e. The van der Waals surface area contributed by atoms with Crippen molar-refractivity contribution in [2.24, 2.45) is 11.3 Å². The molecule has 3 nitrogen and oxygen atoms in total. The van der Waals surface area contributed by atoms with Gasteiger partial charge in [0.25, 0.3) is 0 Å². The van der Waals surface area contributed by atoms with Gasteiger partial charge in [-0.3, -0.25) is 0 Å². The van der Waals surface area contributed by atoms with Gasteiger partial charge in [-0.2, -0.15) is 0 Å². The Kier molecular flexibility index (Phi) is 4.47. The lowest BCUT2D eigenvalue weighted by Crippen LogP contribution is -2.58. The van der Waals surface area contributed by atoms with Gasteiger partial charge in [0, 0.05) is 23.0 Å². The average Bonchev–Trinajstić information content (AvgIpc) is 2.82. The molecule has 1 spiro atoms. The highest BCUT2D eigenvalue weighted by molar-refractivity contribution is 9.10. The molecule has 1 atom stereocenters. The minimum absolute atomic E-state index is 0.153. The molecule has 1 aliphatic heterocycles. The van der Waals surface area contributed by atoms with Gasteiger partial charge in [-0.15, -0.1) is 0 Å². The van der Waals surface area contributed by atoms with Crippen LogP contribution in [-0.2, 0) is 11.2 Å². The molecule has 1 aliphatic carbocycles. The Labute approximate surface area is 147 Å². The molecule has 0 radical (unpaired) electrons. The maximum absolute atomic E-state index is 12.1. The number of likely N-dealkylation sites (tertiary alicyclic amines) is 1. The van der Waals surface area contributed by atoms with Crippen LogP contribution in [0.15, 0.2) is 28.7 Å². The summed E-state index contributed by atoms with van der Waals surface area (Å²) >= 11 is 3.49. The van der Waals surface area contributed by atoms with Crippen LogP contribution in [0.5, 0.6) is 0 Å². The minimum atomic E-state index is -0.403. The normalized spacial score (nSPS) is 23.0. The first-order chi connectivity index (χ1) is 10.7. The van der Waals surface area contributed by atoms with Crippen LogP contribution in [0.3, 0.4) is 0 Å². The van der Waals surface area contributed by atoms with Gasteiger partial charge in [0.1, 0.15) is 5.60 Å². The molecular formula is C19H26BrNO2. The highest BCUT2D eigenvalue weighted by Crippen LogP contribution is 2.49. The lowest BCUT2D eigenvalue weighted by atomic mass is 9.77. The SMILES string of the molecule is CC(C)(C)OC(=O)N1CC2(CC[C@H](Cc3ccc(Br)cc3)C2)C1. The topological polar surface area (TPSA) is 29.5 Å². The largest absolute Gasteiger partial charge is 0.444 e. The van der Waals surface area contributed by atoms with E-state index in [0.717, 1.165) is 29.9 Å². The first-order valence-electron chi connectivity index (χ1n) is 8.47. The monoisotopic (exact) mass is 379 g/mol. The van der Waals surface area contributed by atoms with Crippen LogP contribution in [0.2, 0.25) is 0 Å². The molecule has 0 unspecified atom stereocenters. The van der Waals surface area contributed by atoms with Gasteiger partial charge in [-0.1, -0.05) is 28.1 Å². The summed E-state index contributed by atoms with van der Waals surface area (Å²) in [5.74, 6) is 0.747. The number of halogens is 1. The summed E-state index contributed by atoms with van der Waals surface area (Å²) in [6, 6.07) is 8.66. The summed E-state index contributed by atoms with van der Waals surface area (Å²) < 4.78 is 6.60. The van der Waals surface area contributed by atoms with E-state index in [1.165, 1.54) is 24.8 Å². The molecule has 0 bridgehead atoms. The van der Waals surface area contributed by atoms with Crippen LogP contribution in [-0.4, -0.2) is 29.7 Å². The molecule has 1 aromatic rings. The lowest BCUT2D eigenvalue weighted by Gasteiger charge is -2.48. The van der Waals surface area contributed by atoms with Crippen molar-refractivity contribution in [3.8, 4) is 0 Å². The molecule has 2 fully saturated rings. The van der Waals surface area contributed by atoms with E-state index in [-0.39, 0.29) is 6.09 Å². The van der Waals surface area contributed by atoms with E-state index < -0.39 is 5.60 Å². The Balaban J connectivity index is 1.49. The Hall–Kier alpha value is -1.03. The van der Waals surface area contributed by atoms with E-state index in [2.05, 4.69) is 40.2 Å². The number of ether oxygens (including phenoxy) is 1. The molecule has 23 heavy (non-hydrogen) atoms. The first kappa shape index (κ1) is 16.8. The highest BCUT2D eigenvalue weighted by atomic mass is 79.9. The smallest absolute Gasteiger partial charge is 0.410 e. The molecule has 1 amide bonds. The second kappa shape index (κ2) is 6.12. The third kappa shape index (κ3) is 4.09. The third-order valence-corrected chi connectivity index (χ3v) is 5.48. The zero-order chi connectivity index (χ0) is 16.7. The third-order valence-electron chi connectivity index (χ3n) is 4.95. The molecule has 3 rings (SSSR count). The standard InChI is InChI=1S/C19H26BrNO2/c1-18(2,3)23-17(22)21-12-19(13-21)9-8-15(11-19)10-14-4-6-16(20)7-5-14/h4-7,15H,8-13H2,1-3H3/t15-/m1/s1. The molecule has 0 N–H and O–H groups in total. The number of hydrogen-bond donors (Lipinski definition) is 0. The van der Waals surface area contributed by atoms with Gasteiger partial charge in [-0.25, -0.2) is 4.79 Å². The number of benzene rings is 1. The molecule has 1 heterocycles. The van der Waals surface area contributed by atoms with E-state index >= 15 is 0 Å². The van der Waals surface area contributed by atoms with Crippen molar-refractivity contribution in [1.29, 1.82) is 0 Å². The van der Waals surface area contributed by atoms with Crippen molar-refractivity contribution in [1.82, 2.24) is 4.90 Å². The second-order valence-corrected chi connectivity index (χ2v) is 9.19. The van der Waals surface area contributed by atoms with Gasteiger partial charge in [0.05, 0.1) is 0 Å². The zero-order valence-corrected chi connectivity index (χ0v) is 15.9. The van der Waals surface area contributed by atoms with Crippen LogP contribution in [0.4, 0.5) is 4.79 Å². The Morgan fingerprint density at radius 2 is 1.96 bits per heavy atom. The van der Waals surface area contributed by atoms with Gasteiger partial charge in [-0.05, 0) is 70.1 Å². The van der Waals surface area contributed by atoms with E-state index in [0.29, 0.717) is 5.41 Å². The van der Waals surface area contributed by atoms with Gasteiger partial charge in [0.2, 0.25) is 0 Å². The van der Waals surface area contributed by atoms with E-state index in [9.17, 15) is 4.79 Å². The molecule has 2 aliphatic rings. The quantitative estimate of drug-likeness (QED) is 0.720. The fourth-order valence-corrected chi connectivity index (χ4v) is 4.23. The van der Waals surface area contributed by atoms with E-state index in [1.54, 1.807) is 0 Å². The fraction of sp³-hybridized carbons (Fsp3) is 0.632. The van der Waals surface area contributed by atoms with Gasteiger partial charge < -0.3 is 9.64 Å². The Morgan fingerprint density at radius 1 is 1.30 bits per heavy atom. The van der Waals surface area contributed by atoms with Crippen molar-refractivity contribution in [3.05, 3.63) is 34.3 Å².